The molecule has 1 aromatic rings. The average molecular weight is 575 g/mol. The lowest BCUT2D eigenvalue weighted by atomic mass is 10.0. The van der Waals surface area contributed by atoms with E-state index in [1.54, 1.807) is 21.3 Å². The zero-order valence-corrected chi connectivity index (χ0v) is 22.2. The van der Waals surface area contributed by atoms with Crippen LogP contribution in [0.1, 0.15) is 37.3 Å². The number of aliphatic imine (C=N–C) groups is 1. The van der Waals surface area contributed by atoms with Crippen molar-refractivity contribution >= 4 is 35.8 Å². The van der Waals surface area contributed by atoms with E-state index in [-0.39, 0.29) is 35.9 Å². The van der Waals surface area contributed by atoms with Gasteiger partial charge in [0.2, 0.25) is 5.91 Å². The van der Waals surface area contributed by atoms with Crippen molar-refractivity contribution in [3.63, 3.8) is 0 Å². The summed E-state index contributed by atoms with van der Waals surface area (Å²) in [5.41, 5.74) is 1.14. The molecule has 1 saturated carbocycles. The molecular weight excluding hydrogens is 537 g/mol. The molecule has 1 aromatic carbocycles. The van der Waals surface area contributed by atoms with E-state index in [2.05, 4.69) is 31.9 Å². The third kappa shape index (κ3) is 8.82. The Balaban J connectivity index is 0.00000385. The normalized spacial score (nSPS) is 17.5. The second kappa shape index (κ2) is 14.5. The van der Waals surface area contributed by atoms with Gasteiger partial charge in [-0.15, -0.1) is 24.0 Å². The first-order valence-electron chi connectivity index (χ1n) is 11.4. The first-order valence-corrected chi connectivity index (χ1v) is 11.4. The summed E-state index contributed by atoms with van der Waals surface area (Å²) < 4.78 is 16.5. The van der Waals surface area contributed by atoms with E-state index >= 15 is 0 Å². The van der Waals surface area contributed by atoms with Crippen LogP contribution in [0.15, 0.2) is 23.2 Å². The average Bonchev–Trinajstić information content (AvgIpc) is 3.64. The molecule has 1 unspecified atom stereocenters. The molecule has 2 fully saturated rings. The van der Waals surface area contributed by atoms with Crippen LogP contribution < -0.4 is 25.4 Å². The molecule has 33 heavy (non-hydrogen) atoms. The summed E-state index contributed by atoms with van der Waals surface area (Å²) in [7, 11) is 5.05. The van der Waals surface area contributed by atoms with E-state index in [0.717, 1.165) is 62.8 Å². The molecule has 0 spiro atoms. The van der Waals surface area contributed by atoms with Crippen LogP contribution in [0.4, 0.5) is 0 Å². The van der Waals surface area contributed by atoms with E-state index in [1.807, 2.05) is 12.1 Å². The van der Waals surface area contributed by atoms with E-state index in [4.69, 9.17) is 14.2 Å². The Labute approximate surface area is 214 Å². The molecule has 1 aliphatic carbocycles. The highest BCUT2D eigenvalue weighted by atomic mass is 127. The molecule has 9 nitrogen and oxygen atoms in total. The third-order valence-corrected chi connectivity index (χ3v) is 5.78. The van der Waals surface area contributed by atoms with Crippen LogP contribution in [0.5, 0.6) is 11.5 Å². The molecular formula is C23H38IN5O4. The van der Waals surface area contributed by atoms with Gasteiger partial charge in [0.05, 0.1) is 33.5 Å². The number of morpholine rings is 1. The number of amides is 1. The molecule has 1 saturated heterocycles. The molecule has 1 aliphatic heterocycles. The largest absolute Gasteiger partial charge is 0.493 e. The number of hydrogen-bond acceptors (Lipinski definition) is 6. The van der Waals surface area contributed by atoms with E-state index in [0.29, 0.717) is 31.3 Å². The summed E-state index contributed by atoms with van der Waals surface area (Å²) in [6.45, 7) is 4.54. The monoisotopic (exact) mass is 575 g/mol. The predicted molar refractivity (Wildman–Crippen MR) is 140 cm³/mol. The Morgan fingerprint density at radius 3 is 2.55 bits per heavy atom. The second-order valence-corrected chi connectivity index (χ2v) is 8.10. The van der Waals surface area contributed by atoms with Crippen LogP contribution >= 0.6 is 24.0 Å². The molecule has 0 radical (unpaired) electrons. The molecule has 3 rings (SSSR count). The number of carbonyl (C=O) groups is 1. The maximum absolute atomic E-state index is 11.8. The summed E-state index contributed by atoms with van der Waals surface area (Å²) in [4.78, 5) is 18.6. The van der Waals surface area contributed by atoms with Crippen molar-refractivity contribution in [1.29, 1.82) is 0 Å². The van der Waals surface area contributed by atoms with Crippen molar-refractivity contribution in [2.75, 3.05) is 60.7 Å². The van der Waals surface area contributed by atoms with E-state index in [1.165, 1.54) is 0 Å². The van der Waals surface area contributed by atoms with Gasteiger partial charge in [-0.1, -0.05) is 6.07 Å². The zero-order valence-electron chi connectivity index (χ0n) is 19.9. The minimum Gasteiger partial charge on any atom is -0.493 e. The van der Waals surface area contributed by atoms with Crippen molar-refractivity contribution in [2.24, 2.45) is 4.99 Å². The Kier molecular flexibility index (Phi) is 12.0. The van der Waals surface area contributed by atoms with Crippen LogP contribution in [0, 0.1) is 0 Å². The molecule has 2 aliphatic rings. The lowest BCUT2D eigenvalue weighted by Gasteiger charge is -2.35. The molecule has 186 valence electrons. The standard InChI is InChI=1S/C23H37N5O4.HI/c1-24-23(25-10-4-5-22(29)27-18-7-8-18)26-16-19(28-11-13-32-14-12-28)17-6-9-20(30-2)21(15-17)31-3;/h6,9,15,18-19H,4-5,7-8,10-14,16H2,1-3H3,(H,27,29)(H2,24,25,26);1H. The van der Waals surface area contributed by atoms with Gasteiger partial charge in [-0.2, -0.15) is 0 Å². The van der Waals surface area contributed by atoms with Gasteiger partial charge < -0.3 is 30.2 Å². The smallest absolute Gasteiger partial charge is 0.220 e. The van der Waals surface area contributed by atoms with E-state index in [9.17, 15) is 4.79 Å². The van der Waals surface area contributed by atoms with Crippen molar-refractivity contribution in [3.8, 4) is 11.5 Å². The van der Waals surface area contributed by atoms with Gasteiger partial charge in [0.25, 0.3) is 0 Å². The third-order valence-electron chi connectivity index (χ3n) is 5.78. The fourth-order valence-electron chi connectivity index (χ4n) is 3.80. The Morgan fingerprint density at radius 2 is 1.91 bits per heavy atom. The van der Waals surface area contributed by atoms with Gasteiger partial charge in [0.15, 0.2) is 17.5 Å². The molecule has 10 heteroatoms. The van der Waals surface area contributed by atoms with Gasteiger partial charge in [0.1, 0.15) is 0 Å². The highest BCUT2D eigenvalue weighted by Gasteiger charge is 2.24. The number of hydrogen-bond donors (Lipinski definition) is 3. The number of guanidine groups is 1. The molecule has 1 atom stereocenters. The number of nitrogens with one attached hydrogen (secondary N) is 3. The Hall–Kier alpha value is -1.79. The summed E-state index contributed by atoms with van der Waals surface area (Å²) in [5, 5.41) is 9.78. The number of carbonyl (C=O) groups excluding carboxylic acids is 1. The maximum atomic E-state index is 11.8. The highest BCUT2D eigenvalue weighted by molar-refractivity contribution is 14.0. The molecule has 0 bridgehead atoms. The lowest BCUT2D eigenvalue weighted by Crippen LogP contribution is -2.46. The molecule has 1 amide bonds. The molecule has 3 N–H and O–H groups in total. The Bertz CT molecular complexity index is 769. The summed E-state index contributed by atoms with van der Waals surface area (Å²) >= 11 is 0. The number of halogens is 1. The van der Waals surface area contributed by atoms with Gasteiger partial charge in [-0.05, 0) is 37.0 Å². The number of methoxy groups -OCH3 is 2. The molecule has 1 heterocycles. The highest BCUT2D eigenvalue weighted by Crippen LogP contribution is 2.32. The predicted octanol–water partition coefficient (Wildman–Crippen LogP) is 1.92. The van der Waals surface area contributed by atoms with Crippen molar-refractivity contribution < 1.29 is 19.0 Å². The van der Waals surface area contributed by atoms with Gasteiger partial charge in [-0.3, -0.25) is 14.7 Å². The maximum Gasteiger partial charge on any atom is 0.220 e. The van der Waals surface area contributed by atoms with Crippen molar-refractivity contribution in [3.05, 3.63) is 23.8 Å². The van der Waals surface area contributed by atoms with Crippen LogP contribution in [0.3, 0.4) is 0 Å². The molecule has 0 aromatic heterocycles. The Morgan fingerprint density at radius 1 is 1.18 bits per heavy atom. The fraction of sp³-hybridized carbons (Fsp3) is 0.652. The van der Waals surface area contributed by atoms with Crippen LogP contribution in [-0.2, 0) is 9.53 Å². The second-order valence-electron chi connectivity index (χ2n) is 8.10. The summed E-state index contributed by atoms with van der Waals surface area (Å²) in [6.07, 6.45) is 3.53. The fourth-order valence-corrected chi connectivity index (χ4v) is 3.80. The van der Waals surface area contributed by atoms with E-state index < -0.39 is 0 Å². The van der Waals surface area contributed by atoms with Gasteiger partial charge in [0, 0.05) is 45.7 Å². The zero-order chi connectivity index (χ0) is 22.8. The summed E-state index contributed by atoms with van der Waals surface area (Å²) in [5.74, 6) is 2.30. The first kappa shape index (κ1) is 27.5. The number of rotatable bonds is 11. The lowest BCUT2D eigenvalue weighted by molar-refractivity contribution is -0.121. The van der Waals surface area contributed by atoms with Crippen LogP contribution in [0.2, 0.25) is 0 Å². The quantitative estimate of drug-likeness (QED) is 0.161. The van der Waals surface area contributed by atoms with Crippen molar-refractivity contribution in [2.45, 2.75) is 37.8 Å². The number of ether oxygens (including phenoxy) is 3. The number of nitrogens with zero attached hydrogens (tertiary/aromatic N) is 2. The first-order chi connectivity index (χ1) is 15.6. The summed E-state index contributed by atoms with van der Waals surface area (Å²) in [6, 6.07) is 6.61. The minimum absolute atomic E-state index is 0. The van der Waals surface area contributed by atoms with Gasteiger partial charge in [-0.25, -0.2) is 0 Å². The van der Waals surface area contributed by atoms with Crippen molar-refractivity contribution in [1.82, 2.24) is 20.9 Å². The van der Waals surface area contributed by atoms with Crippen LogP contribution in [0.25, 0.3) is 0 Å². The minimum atomic E-state index is 0. The van der Waals surface area contributed by atoms with Gasteiger partial charge >= 0.3 is 0 Å². The van der Waals surface area contributed by atoms with Crippen LogP contribution in [-0.4, -0.2) is 83.5 Å². The SMILES string of the molecule is CN=C(NCCCC(=O)NC1CC1)NCC(c1ccc(OC)c(OC)c1)N1CCOCC1.I. The topological polar surface area (TPSA) is 96.5 Å². The number of benzene rings is 1.